The molecule has 4 rings (SSSR count). The molecule has 0 aromatic heterocycles. The second-order valence-electron chi connectivity index (χ2n) is 5.94. The maximum absolute atomic E-state index is 4.94. The van der Waals surface area contributed by atoms with E-state index < -0.39 is 0 Å². The zero-order valence-electron chi connectivity index (χ0n) is 13.7. The average molecular weight is 392 g/mol. The van der Waals surface area contributed by atoms with Crippen LogP contribution in [0.3, 0.4) is 0 Å². The van der Waals surface area contributed by atoms with E-state index in [0.717, 1.165) is 28.0 Å². The first-order chi connectivity index (χ1) is 12.3. The molecule has 0 fully saturated rings. The molecule has 4 heteroatoms. The number of rotatable bonds is 3. The molecule has 0 saturated heterocycles. The topological polar surface area (TPSA) is 18.8 Å². The van der Waals surface area contributed by atoms with Crippen LogP contribution in [0.4, 0.5) is 11.4 Å². The average Bonchev–Trinajstić information content (AvgIpc) is 2.69. The molecule has 1 heterocycles. The van der Waals surface area contributed by atoms with Crippen LogP contribution in [0.5, 0.6) is 0 Å². The molecule has 1 aliphatic rings. The highest BCUT2D eigenvalue weighted by atomic mass is 79.9. The summed E-state index contributed by atoms with van der Waals surface area (Å²) in [7, 11) is 0. The number of nitrogens with zero attached hydrogens (tertiary/aromatic N) is 3. The Bertz CT molecular complexity index is 878. The lowest BCUT2D eigenvalue weighted by molar-refractivity contribution is 0.756. The lowest BCUT2D eigenvalue weighted by Gasteiger charge is -2.36. The Morgan fingerprint density at radius 1 is 0.760 bits per heavy atom. The minimum absolute atomic E-state index is 0.711. The third-order valence-electron chi connectivity index (χ3n) is 4.25. The van der Waals surface area contributed by atoms with E-state index in [2.05, 4.69) is 86.5 Å². The lowest BCUT2D eigenvalue weighted by atomic mass is 10.1. The molecule has 3 aromatic carbocycles. The molecule has 0 unspecified atom stereocenters. The minimum atomic E-state index is 0.711. The second kappa shape index (κ2) is 7.11. The summed E-state index contributed by atoms with van der Waals surface area (Å²) < 4.78 is 1.04. The standard InChI is InChI=1S/C21H18BrN3/c22-19-13-7-8-14-21(19)25-16-24(18-11-5-2-6-12-18)15-20(23-25)17-9-3-1-4-10-17/h1-14H,15-16H2. The van der Waals surface area contributed by atoms with Gasteiger partial charge in [-0.2, -0.15) is 5.10 Å². The molecule has 0 aliphatic carbocycles. The Hall–Kier alpha value is -2.59. The van der Waals surface area contributed by atoms with E-state index in [1.165, 1.54) is 5.69 Å². The molecule has 0 N–H and O–H groups in total. The normalized spacial score (nSPS) is 14.4. The number of hydrazone groups is 1. The van der Waals surface area contributed by atoms with Crippen LogP contribution in [0, 0.1) is 0 Å². The number of hydrogen-bond acceptors (Lipinski definition) is 3. The van der Waals surface area contributed by atoms with E-state index in [-0.39, 0.29) is 0 Å². The van der Waals surface area contributed by atoms with E-state index in [1.807, 2.05) is 24.3 Å². The molecular formula is C21H18BrN3. The first-order valence-corrected chi connectivity index (χ1v) is 9.05. The molecule has 0 atom stereocenters. The van der Waals surface area contributed by atoms with Gasteiger partial charge < -0.3 is 4.90 Å². The van der Waals surface area contributed by atoms with Gasteiger partial charge in [-0.15, -0.1) is 0 Å². The fraction of sp³-hybridized carbons (Fsp3) is 0.0952. The molecule has 25 heavy (non-hydrogen) atoms. The molecule has 3 aromatic rings. The van der Waals surface area contributed by atoms with Crippen molar-refractivity contribution in [1.29, 1.82) is 0 Å². The first kappa shape index (κ1) is 15.9. The first-order valence-electron chi connectivity index (χ1n) is 8.26. The summed E-state index contributed by atoms with van der Waals surface area (Å²) in [5, 5.41) is 7.00. The smallest absolute Gasteiger partial charge is 0.113 e. The van der Waals surface area contributed by atoms with Gasteiger partial charge in [0, 0.05) is 10.2 Å². The van der Waals surface area contributed by atoms with E-state index >= 15 is 0 Å². The molecular weight excluding hydrogens is 374 g/mol. The van der Waals surface area contributed by atoms with E-state index in [1.54, 1.807) is 0 Å². The van der Waals surface area contributed by atoms with Gasteiger partial charge in [-0.05, 0) is 45.8 Å². The summed E-state index contributed by atoms with van der Waals surface area (Å²) in [6.45, 7) is 1.50. The van der Waals surface area contributed by atoms with Crippen molar-refractivity contribution in [2.24, 2.45) is 5.10 Å². The van der Waals surface area contributed by atoms with Gasteiger partial charge in [-0.1, -0.05) is 60.7 Å². The van der Waals surface area contributed by atoms with Gasteiger partial charge in [0.25, 0.3) is 0 Å². The van der Waals surface area contributed by atoms with Crippen molar-refractivity contribution in [2.75, 3.05) is 23.1 Å². The summed E-state index contributed by atoms with van der Waals surface area (Å²) in [6, 6.07) is 29.1. The Balaban J connectivity index is 1.76. The predicted octanol–water partition coefficient (Wildman–Crippen LogP) is 5.14. The highest BCUT2D eigenvalue weighted by molar-refractivity contribution is 9.10. The Labute approximate surface area is 156 Å². The van der Waals surface area contributed by atoms with Crippen LogP contribution >= 0.6 is 15.9 Å². The van der Waals surface area contributed by atoms with Crippen LogP contribution < -0.4 is 9.91 Å². The molecule has 1 aliphatic heterocycles. The lowest BCUT2D eigenvalue weighted by Crippen LogP contribution is -2.44. The number of hydrogen-bond donors (Lipinski definition) is 0. The summed E-state index contributed by atoms with van der Waals surface area (Å²) in [5.41, 5.74) is 4.48. The summed E-state index contributed by atoms with van der Waals surface area (Å²) >= 11 is 3.65. The highest BCUT2D eigenvalue weighted by Crippen LogP contribution is 2.29. The number of para-hydroxylation sites is 2. The molecule has 124 valence electrons. The third-order valence-corrected chi connectivity index (χ3v) is 4.92. The Morgan fingerprint density at radius 3 is 2.12 bits per heavy atom. The molecule has 0 bridgehead atoms. The van der Waals surface area contributed by atoms with Crippen LogP contribution in [-0.4, -0.2) is 18.9 Å². The minimum Gasteiger partial charge on any atom is -0.346 e. The quantitative estimate of drug-likeness (QED) is 0.615. The zero-order valence-corrected chi connectivity index (χ0v) is 15.3. The molecule has 0 saturated carbocycles. The SMILES string of the molecule is Brc1ccccc1N1CN(c2ccccc2)CC(c2ccccc2)=N1. The van der Waals surface area contributed by atoms with Gasteiger partial charge >= 0.3 is 0 Å². The number of anilines is 2. The van der Waals surface area contributed by atoms with Crippen molar-refractivity contribution >= 4 is 33.0 Å². The summed E-state index contributed by atoms with van der Waals surface area (Å²) in [6.07, 6.45) is 0. The van der Waals surface area contributed by atoms with E-state index in [0.29, 0.717) is 6.67 Å². The van der Waals surface area contributed by atoms with Crippen LogP contribution in [0.2, 0.25) is 0 Å². The maximum Gasteiger partial charge on any atom is 0.113 e. The molecule has 0 amide bonds. The van der Waals surface area contributed by atoms with Crippen molar-refractivity contribution < 1.29 is 0 Å². The van der Waals surface area contributed by atoms with Crippen molar-refractivity contribution in [2.45, 2.75) is 0 Å². The van der Waals surface area contributed by atoms with Crippen molar-refractivity contribution in [3.8, 4) is 0 Å². The highest BCUT2D eigenvalue weighted by Gasteiger charge is 2.22. The largest absolute Gasteiger partial charge is 0.346 e. The molecule has 0 radical (unpaired) electrons. The van der Waals surface area contributed by atoms with E-state index in [9.17, 15) is 0 Å². The van der Waals surface area contributed by atoms with Gasteiger partial charge in [0.05, 0.1) is 17.9 Å². The Morgan fingerprint density at radius 2 is 1.40 bits per heavy atom. The van der Waals surface area contributed by atoms with Gasteiger partial charge in [-0.25, -0.2) is 5.01 Å². The Kier molecular flexibility index (Phi) is 4.53. The van der Waals surface area contributed by atoms with Crippen LogP contribution in [0.15, 0.2) is 94.5 Å². The fourth-order valence-electron chi connectivity index (χ4n) is 2.98. The van der Waals surface area contributed by atoms with Gasteiger partial charge in [0.1, 0.15) is 6.67 Å². The number of halogens is 1. The van der Waals surface area contributed by atoms with Crippen molar-refractivity contribution in [3.05, 3.63) is 95.0 Å². The van der Waals surface area contributed by atoms with Crippen molar-refractivity contribution in [1.82, 2.24) is 0 Å². The fourth-order valence-corrected chi connectivity index (χ4v) is 3.47. The van der Waals surface area contributed by atoms with Gasteiger partial charge in [-0.3, -0.25) is 0 Å². The van der Waals surface area contributed by atoms with Gasteiger partial charge in [0.15, 0.2) is 0 Å². The van der Waals surface area contributed by atoms with Crippen LogP contribution in [0.25, 0.3) is 0 Å². The predicted molar refractivity (Wildman–Crippen MR) is 108 cm³/mol. The maximum atomic E-state index is 4.94. The van der Waals surface area contributed by atoms with Crippen LogP contribution in [-0.2, 0) is 0 Å². The monoisotopic (exact) mass is 391 g/mol. The molecule has 0 spiro atoms. The van der Waals surface area contributed by atoms with E-state index in [4.69, 9.17) is 5.10 Å². The summed E-state index contributed by atoms with van der Waals surface area (Å²) in [5.74, 6) is 0. The summed E-state index contributed by atoms with van der Waals surface area (Å²) in [4.78, 5) is 2.34. The van der Waals surface area contributed by atoms with Crippen LogP contribution in [0.1, 0.15) is 5.56 Å². The van der Waals surface area contributed by atoms with Gasteiger partial charge in [0.2, 0.25) is 0 Å². The zero-order chi connectivity index (χ0) is 17.1. The van der Waals surface area contributed by atoms with Crippen molar-refractivity contribution in [3.63, 3.8) is 0 Å². The number of benzene rings is 3. The third kappa shape index (κ3) is 3.44. The second-order valence-corrected chi connectivity index (χ2v) is 6.79. The molecule has 3 nitrogen and oxygen atoms in total.